The van der Waals surface area contributed by atoms with Crippen LogP contribution in [0.1, 0.15) is 48.2 Å². The van der Waals surface area contributed by atoms with E-state index in [2.05, 4.69) is 70.1 Å². The highest BCUT2D eigenvalue weighted by molar-refractivity contribution is 5.82. The molecule has 2 N–H and O–H groups in total. The molecular weight excluding hydrogens is 414 g/mol. The largest absolute Gasteiger partial charge is 0.491 e. The Bertz CT molecular complexity index is 1330. The van der Waals surface area contributed by atoms with Gasteiger partial charge in [0.25, 0.3) is 0 Å². The van der Waals surface area contributed by atoms with Crippen LogP contribution in [0.25, 0.3) is 22.2 Å². The van der Waals surface area contributed by atoms with E-state index in [0.29, 0.717) is 25.5 Å². The third-order valence-electron chi connectivity index (χ3n) is 6.15. The molecule has 0 bridgehead atoms. The Morgan fingerprint density at radius 3 is 2.64 bits per heavy atom. The molecule has 0 aliphatic carbocycles. The molecule has 1 aliphatic heterocycles. The standard InChI is InChI=1S/C26H29N5O2/c1-15(2)25-16(3)27-24(14-32)30-26(25)31-9-10-33-23-8-6-18(11-20(23)13-31)19-5-7-21-22(12-19)29-17(4)28-21/h5-8,11-12,15,32H,9-10,13-14H2,1-4H3,(H,28,29). The number of anilines is 1. The number of rotatable bonds is 4. The van der Waals surface area contributed by atoms with Gasteiger partial charge in [-0.3, -0.25) is 0 Å². The van der Waals surface area contributed by atoms with Crippen molar-refractivity contribution >= 4 is 16.9 Å². The minimum atomic E-state index is -0.174. The van der Waals surface area contributed by atoms with E-state index in [4.69, 9.17) is 9.72 Å². The first-order chi connectivity index (χ1) is 15.9. The monoisotopic (exact) mass is 443 g/mol. The molecule has 5 rings (SSSR count). The van der Waals surface area contributed by atoms with Gasteiger partial charge < -0.3 is 19.7 Å². The molecule has 0 unspecified atom stereocenters. The fourth-order valence-corrected chi connectivity index (χ4v) is 4.68. The fourth-order valence-electron chi connectivity index (χ4n) is 4.68. The van der Waals surface area contributed by atoms with E-state index >= 15 is 0 Å². The van der Waals surface area contributed by atoms with Crippen LogP contribution in [-0.2, 0) is 13.2 Å². The van der Waals surface area contributed by atoms with Gasteiger partial charge in [0.2, 0.25) is 0 Å². The molecule has 1 aliphatic rings. The van der Waals surface area contributed by atoms with E-state index < -0.39 is 0 Å². The van der Waals surface area contributed by atoms with Crippen LogP contribution < -0.4 is 9.64 Å². The summed E-state index contributed by atoms with van der Waals surface area (Å²) >= 11 is 0. The van der Waals surface area contributed by atoms with E-state index in [9.17, 15) is 5.11 Å². The summed E-state index contributed by atoms with van der Waals surface area (Å²) in [6.45, 7) is 10.1. The van der Waals surface area contributed by atoms with Gasteiger partial charge in [-0.05, 0) is 55.2 Å². The molecule has 170 valence electrons. The zero-order valence-corrected chi connectivity index (χ0v) is 19.5. The van der Waals surface area contributed by atoms with Crippen LogP contribution in [-0.4, -0.2) is 38.2 Å². The van der Waals surface area contributed by atoms with Crippen LogP contribution >= 0.6 is 0 Å². The molecule has 0 spiro atoms. The highest BCUT2D eigenvalue weighted by Gasteiger charge is 2.23. The Balaban J connectivity index is 1.54. The van der Waals surface area contributed by atoms with Crippen LogP contribution in [0.3, 0.4) is 0 Å². The van der Waals surface area contributed by atoms with E-state index in [-0.39, 0.29) is 12.5 Å². The summed E-state index contributed by atoms with van der Waals surface area (Å²) in [5.74, 6) is 3.43. The van der Waals surface area contributed by atoms with Crippen molar-refractivity contribution in [1.29, 1.82) is 0 Å². The Kier molecular flexibility index (Phi) is 5.50. The summed E-state index contributed by atoms with van der Waals surface area (Å²) in [5.41, 5.74) is 7.42. The maximum Gasteiger partial charge on any atom is 0.156 e. The molecule has 0 radical (unpaired) electrons. The molecule has 2 aromatic carbocycles. The summed E-state index contributed by atoms with van der Waals surface area (Å²) in [6.07, 6.45) is 0. The van der Waals surface area contributed by atoms with Crippen molar-refractivity contribution in [2.45, 2.75) is 46.8 Å². The summed E-state index contributed by atoms with van der Waals surface area (Å²) in [5, 5.41) is 9.69. The van der Waals surface area contributed by atoms with Gasteiger partial charge in [-0.15, -0.1) is 0 Å². The number of aliphatic hydroxyl groups is 1. The van der Waals surface area contributed by atoms with Gasteiger partial charge >= 0.3 is 0 Å². The molecule has 0 saturated carbocycles. The highest BCUT2D eigenvalue weighted by atomic mass is 16.5. The Labute approximate surface area is 193 Å². The highest BCUT2D eigenvalue weighted by Crippen LogP contribution is 2.34. The van der Waals surface area contributed by atoms with Gasteiger partial charge in [-0.1, -0.05) is 26.0 Å². The smallest absolute Gasteiger partial charge is 0.156 e. The predicted molar refractivity (Wildman–Crippen MR) is 130 cm³/mol. The number of imidazole rings is 1. The molecule has 33 heavy (non-hydrogen) atoms. The lowest BCUT2D eigenvalue weighted by Crippen LogP contribution is -2.28. The molecule has 2 aromatic heterocycles. The number of fused-ring (bicyclic) bond motifs is 2. The van der Waals surface area contributed by atoms with Crippen LogP contribution in [0.5, 0.6) is 5.75 Å². The number of ether oxygens (including phenoxy) is 1. The average molecular weight is 444 g/mol. The number of hydrogen-bond acceptors (Lipinski definition) is 6. The molecule has 7 nitrogen and oxygen atoms in total. The molecule has 0 saturated heterocycles. The van der Waals surface area contributed by atoms with Gasteiger partial charge in [0.15, 0.2) is 5.82 Å². The molecule has 0 atom stereocenters. The maximum absolute atomic E-state index is 9.69. The molecule has 4 aromatic rings. The van der Waals surface area contributed by atoms with Crippen LogP contribution in [0.2, 0.25) is 0 Å². The lowest BCUT2D eigenvalue weighted by Gasteiger charge is -2.26. The third kappa shape index (κ3) is 4.04. The number of aryl methyl sites for hydroxylation is 2. The second kappa shape index (κ2) is 8.48. The van der Waals surface area contributed by atoms with Crippen LogP contribution in [0.15, 0.2) is 36.4 Å². The molecular formula is C26H29N5O2. The van der Waals surface area contributed by atoms with Crippen molar-refractivity contribution in [2.75, 3.05) is 18.1 Å². The zero-order valence-electron chi connectivity index (χ0n) is 19.5. The topological polar surface area (TPSA) is 87.2 Å². The Morgan fingerprint density at radius 1 is 1.06 bits per heavy atom. The first kappa shape index (κ1) is 21.4. The van der Waals surface area contributed by atoms with Gasteiger partial charge in [0, 0.05) is 23.4 Å². The molecule has 0 fully saturated rings. The summed E-state index contributed by atoms with van der Waals surface area (Å²) in [6, 6.07) is 12.7. The SMILES string of the molecule is Cc1nc2ccc(-c3ccc4c(c3)CN(c3nc(CO)nc(C)c3C(C)C)CCO4)cc2[nH]1. The maximum atomic E-state index is 9.69. The number of nitrogens with one attached hydrogen (secondary N) is 1. The van der Waals surface area contributed by atoms with E-state index in [1.807, 2.05) is 13.8 Å². The number of benzene rings is 2. The molecule has 7 heteroatoms. The van der Waals surface area contributed by atoms with Crippen molar-refractivity contribution in [2.24, 2.45) is 0 Å². The van der Waals surface area contributed by atoms with Crippen molar-refractivity contribution in [3.05, 3.63) is 64.9 Å². The number of hydrogen-bond donors (Lipinski definition) is 2. The zero-order chi connectivity index (χ0) is 23.1. The number of aromatic nitrogens is 4. The number of aliphatic hydroxyl groups excluding tert-OH is 1. The normalized spacial score (nSPS) is 13.8. The van der Waals surface area contributed by atoms with Gasteiger partial charge in [-0.25, -0.2) is 15.0 Å². The number of H-pyrrole nitrogens is 1. The van der Waals surface area contributed by atoms with E-state index in [0.717, 1.165) is 56.4 Å². The summed E-state index contributed by atoms with van der Waals surface area (Å²) in [4.78, 5) is 19.3. The van der Waals surface area contributed by atoms with Crippen molar-refractivity contribution in [1.82, 2.24) is 19.9 Å². The molecule has 3 heterocycles. The average Bonchev–Trinajstić information content (AvgIpc) is 3.03. The van der Waals surface area contributed by atoms with E-state index in [1.54, 1.807) is 0 Å². The van der Waals surface area contributed by atoms with Crippen molar-refractivity contribution < 1.29 is 9.84 Å². The second-order valence-electron chi connectivity index (χ2n) is 8.92. The first-order valence-corrected chi connectivity index (χ1v) is 11.4. The Hall–Kier alpha value is -3.45. The van der Waals surface area contributed by atoms with Crippen molar-refractivity contribution in [3.63, 3.8) is 0 Å². The lowest BCUT2D eigenvalue weighted by molar-refractivity contribution is 0.270. The van der Waals surface area contributed by atoms with Crippen LogP contribution in [0.4, 0.5) is 5.82 Å². The molecule has 0 amide bonds. The fraction of sp³-hybridized carbons (Fsp3) is 0.346. The van der Waals surface area contributed by atoms with Crippen LogP contribution in [0, 0.1) is 13.8 Å². The minimum Gasteiger partial charge on any atom is -0.491 e. The van der Waals surface area contributed by atoms with Gasteiger partial charge in [-0.2, -0.15) is 0 Å². The summed E-state index contributed by atoms with van der Waals surface area (Å²) < 4.78 is 6.10. The Morgan fingerprint density at radius 2 is 1.85 bits per heavy atom. The quantitative estimate of drug-likeness (QED) is 0.477. The lowest BCUT2D eigenvalue weighted by atomic mass is 10.00. The minimum absolute atomic E-state index is 0.174. The van der Waals surface area contributed by atoms with Crippen molar-refractivity contribution in [3.8, 4) is 16.9 Å². The predicted octanol–water partition coefficient (Wildman–Crippen LogP) is 4.65. The second-order valence-corrected chi connectivity index (χ2v) is 8.92. The van der Waals surface area contributed by atoms with E-state index in [1.165, 1.54) is 0 Å². The first-order valence-electron chi connectivity index (χ1n) is 11.4. The number of aromatic amines is 1. The van der Waals surface area contributed by atoms with Gasteiger partial charge in [0.1, 0.15) is 30.6 Å². The summed E-state index contributed by atoms with van der Waals surface area (Å²) in [7, 11) is 0. The van der Waals surface area contributed by atoms with Gasteiger partial charge in [0.05, 0.1) is 17.6 Å². The third-order valence-corrected chi connectivity index (χ3v) is 6.15. The number of nitrogens with zero attached hydrogens (tertiary/aromatic N) is 4.